The smallest absolute Gasteiger partial charge is 0.132 e. The van der Waals surface area contributed by atoms with Crippen LogP contribution in [0.25, 0.3) is 0 Å². The van der Waals surface area contributed by atoms with Gasteiger partial charge < -0.3 is 9.84 Å². The zero-order valence-electron chi connectivity index (χ0n) is 8.71. The van der Waals surface area contributed by atoms with Crippen molar-refractivity contribution in [1.82, 2.24) is 0 Å². The van der Waals surface area contributed by atoms with Crippen molar-refractivity contribution in [3.63, 3.8) is 0 Å². The summed E-state index contributed by atoms with van der Waals surface area (Å²) >= 11 is 0. The Labute approximate surface area is 84.5 Å². The van der Waals surface area contributed by atoms with E-state index in [-0.39, 0.29) is 12.2 Å². The highest BCUT2D eigenvalue weighted by Crippen LogP contribution is 2.40. The molecule has 0 aliphatic heterocycles. The predicted molar refractivity (Wildman–Crippen MR) is 55.6 cm³/mol. The van der Waals surface area contributed by atoms with Crippen LogP contribution in [0.3, 0.4) is 0 Å². The minimum absolute atomic E-state index is 0.125. The van der Waals surface area contributed by atoms with Gasteiger partial charge in [0.2, 0.25) is 0 Å². The van der Waals surface area contributed by atoms with E-state index in [0.29, 0.717) is 0 Å². The van der Waals surface area contributed by atoms with Crippen molar-refractivity contribution < 1.29 is 9.84 Å². The second kappa shape index (κ2) is 3.28. The lowest BCUT2D eigenvalue weighted by molar-refractivity contribution is 0.0947. The van der Waals surface area contributed by atoms with Crippen LogP contribution in [-0.4, -0.2) is 17.3 Å². The van der Waals surface area contributed by atoms with E-state index < -0.39 is 0 Å². The van der Waals surface area contributed by atoms with Gasteiger partial charge in [0.1, 0.15) is 11.4 Å². The molecule has 1 aliphatic rings. The lowest BCUT2D eigenvalue weighted by Gasteiger charge is -2.17. The number of rotatable bonds is 3. The zero-order valence-corrected chi connectivity index (χ0v) is 8.71. The first-order valence-corrected chi connectivity index (χ1v) is 5.02. The molecule has 0 heterocycles. The van der Waals surface area contributed by atoms with Crippen molar-refractivity contribution in [1.29, 1.82) is 0 Å². The van der Waals surface area contributed by atoms with Crippen molar-refractivity contribution in [3.05, 3.63) is 29.3 Å². The minimum atomic E-state index is -0.264. The van der Waals surface area contributed by atoms with Gasteiger partial charge in [-0.25, -0.2) is 0 Å². The van der Waals surface area contributed by atoms with Gasteiger partial charge in [0.25, 0.3) is 0 Å². The molecule has 0 amide bonds. The Kier molecular flexibility index (Phi) is 2.23. The van der Waals surface area contributed by atoms with E-state index >= 15 is 0 Å². The third-order valence-corrected chi connectivity index (χ3v) is 2.75. The van der Waals surface area contributed by atoms with Crippen LogP contribution in [-0.2, 0) is 0 Å². The van der Waals surface area contributed by atoms with Gasteiger partial charge in [0, 0.05) is 0 Å². The third-order valence-electron chi connectivity index (χ3n) is 2.75. The molecule has 76 valence electrons. The van der Waals surface area contributed by atoms with Gasteiger partial charge in [-0.15, -0.1) is 0 Å². The number of hydrogen-bond donors (Lipinski definition) is 1. The topological polar surface area (TPSA) is 29.5 Å². The second-order valence-electron chi connectivity index (χ2n) is 4.21. The van der Waals surface area contributed by atoms with Crippen LogP contribution in [0.1, 0.15) is 24.0 Å². The summed E-state index contributed by atoms with van der Waals surface area (Å²) in [5, 5.41) is 9.14. The number of aryl methyl sites for hydroxylation is 2. The lowest BCUT2D eigenvalue weighted by atomic mass is 10.1. The molecule has 14 heavy (non-hydrogen) atoms. The molecule has 0 spiro atoms. The van der Waals surface area contributed by atoms with E-state index in [1.165, 1.54) is 5.56 Å². The fraction of sp³-hybridized carbons (Fsp3) is 0.500. The largest absolute Gasteiger partial charge is 0.485 e. The summed E-state index contributed by atoms with van der Waals surface area (Å²) in [6.07, 6.45) is 1.94. The Morgan fingerprint density at radius 3 is 2.57 bits per heavy atom. The molecule has 1 N–H and O–H groups in total. The maximum absolute atomic E-state index is 9.14. The first-order chi connectivity index (χ1) is 6.65. The lowest BCUT2D eigenvalue weighted by Crippen LogP contribution is -2.23. The van der Waals surface area contributed by atoms with E-state index in [2.05, 4.69) is 13.0 Å². The van der Waals surface area contributed by atoms with Crippen LogP contribution in [0.4, 0.5) is 0 Å². The normalized spacial score (nSPS) is 17.9. The van der Waals surface area contributed by atoms with E-state index in [0.717, 1.165) is 24.2 Å². The molecule has 1 aromatic rings. The minimum Gasteiger partial charge on any atom is -0.485 e. The summed E-state index contributed by atoms with van der Waals surface area (Å²) in [5.41, 5.74) is 2.12. The summed E-state index contributed by atoms with van der Waals surface area (Å²) < 4.78 is 5.80. The summed E-state index contributed by atoms with van der Waals surface area (Å²) in [6, 6.07) is 6.12. The molecular weight excluding hydrogens is 176 g/mol. The summed E-state index contributed by atoms with van der Waals surface area (Å²) in [7, 11) is 0. The Bertz CT molecular complexity index is 340. The Hall–Kier alpha value is -1.02. The molecular formula is C12H16O2. The van der Waals surface area contributed by atoms with Gasteiger partial charge in [-0.3, -0.25) is 0 Å². The molecule has 1 aromatic carbocycles. The summed E-state index contributed by atoms with van der Waals surface area (Å²) in [6.45, 7) is 4.23. The van der Waals surface area contributed by atoms with Gasteiger partial charge in [-0.05, 0) is 38.3 Å². The van der Waals surface area contributed by atoms with Crippen molar-refractivity contribution >= 4 is 0 Å². The van der Waals surface area contributed by atoms with Crippen molar-refractivity contribution in [3.8, 4) is 5.75 Å². The average Bonchev–Trinajstić information content (AvgIpc) is 2.91. The molecule has 0 unspecified atom stereocenters. The number of aliphatic hydroxyl groups is 1. The van der Waals surface area contributed by atoms with E-state index in [1.807, 2.05) is 19.1 Å². The van der Waals surface area contributed by atoms with Crippen LogP contribution in [0.2, 0.25) is 0 Å². The second-order valence-corrected chi connectivity index (χ2v) is 4.21. The van der Waals surface area contributed by atoms with E-state index in [9.17, 15) is 0 Å². The van der Waals surface area contributed by atoms with Crippen molar-refractivity contribution in [2.24, 2.45) is 0 Å². The Balaban J connectivity index is 2.17. The molecule has 2 nitrogen and oxygen atoms in total. The monoisotopic (exact) mass is 192 g/mol. The molecule has 2 rings (SSSR count). The Morgan fingerprint density at radius 1 is 1.36 bits per heavy atom. The number of aliphatic hydroxyl groups excluding tert-OH is 1. The van der Waals surface area contributed by atoms with Crippen molar-refractivity contribution in [2.75, 3.05) is 6.61 Å². The highest BCUT2D eigenvalue weighted by atomic mass is 16.5. The molecule has 0 saturated heterocycles. The molecule has 0 radical (unpaired) electrons. The zero-order chi connectivity index (χ0) is 10.2. The standard InChI is InChI=1S/C12H16O2/c1-9-3-4-11(10(2)7-9)14-12(8-13)5-6-12/h3-4,7,13H,5-6,8H2,1-2H3. The molecule has 1 saturated carbocycles. The first-order valence-electron chi connectivity index (χ1n) is 5.02. The quantitative estimate of drug-likeness (QED) is 0.795. The highest BCUT2D eigenvalue weighted by molar-refractivity contribution is 5.36. The summed E-state index contributed by atoms with van der Waals surface area (Å²) in [4.78, 5) is 0. The maximum atomic E-state index is 9.14. The first kappa shape index (κ1) is 9.53. The molecule has 0 aromatic heterocycles. The third kappa shape index (κ3) is 1.75. The Morgan fingerprint density at radius 2 is 2.07 bits per heavy atom. The fourth-order valence-corrected chi connectivity index (χ4v) is 1.58. The van der Waals surface area contributed by atoms with Gasteiger partial charge in [-0.2, -0.15) is 0 Å². The molecule has 1 aliphatic carbocycles. The van der Waals surface area contributed by atoms with Crippen LogP contribution in [0.15, 0.2) is 18.2 Å². The van der Waals surface area contributed by atoms with E-state index in [1.54, 1.807) is 0 Å². The number of hydrogen-bond acceptors (Lipinski definition) is 2. The molecule has 2 heteroatoms. The SMILES string of the molecule is Cc1ccc(OC2(CO)CC2)c(C)c1. The fourth-order valence-electron chi connectivity index (χ4n) is 1.58. The van der Waals surface area contributed by atoms with Crippen LogP contribution < -0.4 is 4.74 Å². The van der Waals surface area contributed by atoms with Gasteiger partial charge >= 0.3 is 0 Å². The van der Waals surface area contributed by atoms with Crippen LogP contribution >= 0.6 is 0 Å². The predicted octanol–water partition coefficient (Wildman–Crippen LogP) is 2.21. The van der Waals surface area contributed by atoms with Crippen LogP contribution in [0.5, 0.6) is 5.75 Å². The van der Waals surface area contributed by atoms with Gasteiger partial charge in [0.05, 0.1) is 6.61 Å². The van der Waals surface area contributed by atoms with Gasteiger partial charge in [0.15, 0.2) is 0 Å². The van der Waals surface area contributed by atoms with E-state index in [4.69, 9.17) is 9.84 Å². The average molecular weight is 192 g/mol. The molecule has 1 fully saturated rings. The maximum Gasteiger partial charge on any atom is 0.132 e. The number of benzene rings is 1. The molecule has 0 atom stereocenters. The van der Waals surface area contributed by atoms with Crippen molar-refractivity contribution in [2.45, 2.75) is 32.3 Å². The number of ether oxygens (including phenoxy) is 1. The summed E-state index contributed by atoms with van der Waals surface area (Å²) in [5.74, 6) is 0.905. The van der Waals surface area contributed by atoms with Crippen LogP contribution in [0, 0.1) is 13.8 Å². The highest BCUT2D eigenvalue weighted by Gasteiger charge is 2.45. The van der Waals surface area contributed by atoms with Gasteiger partial charge in [-0.1, -0.05) is 17.7 Å². The molecule has 0 bridgehead atoms.